The van der Waals surface area contributed by atoms with Crippen LogP contribution < -0.4 is 4.40 Å². The summed E-state index contributed by atoms with van der Waals surface area (Å²) in [4.78, 5) is 0. The molecule has 3 nitrogen and oxygen atoms in total. The summed E-state index contributed by atoms with van der Waals surface area (Å²) in [5.74, 6) is 0. The van der Waals surface area contributed by atoms with Crippen molar-refractivity contribution in [3.05, 3.63) is 48.2 Å². The highest BCUT2D eigenvalue weighted by molar-refractivity contribution is 5.70. The second-order valence-corrected chi connectivity index (χ2v) is 3.62. The number of pyridine rings is 1. The van der Waals surface area contributed by atoms with Crippen LogP contribution >= 0.6 is 0 Å². The van der Waals surface area contributed by atoms with Gasteiger partial charge in [0.15, 0.2) is 11.0 Å². The average Bonchev–Trinajstić information content (AvgIpc) is 2.28. The third kappa shape index (κ3) is 1.24. The number of nitrogens with zero attached hydrogens (tertiary/aromatic N) is 3. The van der Waals surface area contributed by atoms with Crippen LogP contribution in [0.5, 0.6) is 0 Å². The predicted molar refractivity (Wildman–Crippen MR) is 57.4 cm³/mol. The number of hydrogen-bond donors (Lipinski definition) is 0. The van der Waals surface area contributed by atoms with E-state index in [1.165, 1.54) is 5.56 Å². The van der Waals surface area contributed by atoms with Gasteiger partial charge in [0.25, 0.3) is 0 Å². The molecule has 72 valence electrons. The predicted octanol–water partition coefficient (Wildman–Crippen LogP) is 1.68. The zero-order valence-corrected chi connectivity index (χ0v) is 8.38. The lowest BCUT2D eigenvalue weighted by Crippen LogP contribution is -2.24. The quantitative estimate of drug-likeness (QED) is 0.404. The highest BCUT2D eigenvalue weighted by Gasteiger charge is 2.09. The molecular formula is C12H10N3+. The second-order valence-electron chi connectivity index (χ2n) is 3.62. The molecule has 3 heteroatoms. The molecule has 0 saturated heterocycles. The molecule has 0 bridgehead atoms. The number of aromatic nitrogens is 3. The van der Waals surface area contributed by atoms with Gasteiger partial charge in [-0.1, -0.05) is 12.1 Å². The zero-order valence-electron chi connectivity index (χ0n) is 8.38. The average molecular weight is 196 g/mol. The first-order chi connectivity index (χ1) is 7.34. The van der Waals surface area contributed by atoms with Gasteiger partial charge in [0.2, 0.25) is 0 Å². The largest absolute Gasteiger partial charge is 0.356 e. The highest BCUT2D eigenvalue weighted by Crippen LogP contribution is 2.06. The SMILES string of the molecule is Cc1cc[n+]2c(c1)nnc1ccccc12. The molecule has 0 aliphatic rings. The Balaban J connectivity index is 2.55. The minimum absolute atomic E-state index is 0.883. The number of aryl methyl sites for hydroxylation is 1. The fraction of sp³-hybridized carbons (Fsp3) is 0.0833. The highest BCUT2D eigenvalue weighted by atomic mass is 15.2. The van der Waals surface area contributed by atoms with Crippen LogP contribution in [0, 0.1) is 6.92 Å². The molecule has 2 heterocycles. The molecule has 0 fully saturated rings. The lowest BCUT2D eigenvalue weighted by molar-refractivity contribution is -0.485. The molecule has 3 rings (SSSR count). The lowest BCUT2D eigenvalue weighted by Gasteiger charge is -1.96. The van der Waals surface area contributed by atoms with Gasteiger partial charge in [0.05, 0.1) is 11.3 Å². The number of hydrogen-bond acceptors (Lipinski definition) is 2. The summed E-state index contributed by atoms with van der Waals surface area (Å²) in [7, 11) is 0. The van der Waals surface area contributed by atoms with Crippen molar-refractivity contribution in [1.82, 2.24) is 10.2 Å². The third-order valence-electron chi connectivity index (χ3n) is 2.49. The van der Waals surface area contributed by atoms with Gasteiger partial charge >= 0.3 is 5.65 Å². The number of rotatable bonds is 0. The number of benzene rings is 1. The molecule has 0 amide bonds. The number of fused-ring (bicyclic) bond motifs is 3. The van der Waals surface area contributed by atoms with E-state index in [0.29, 0.717) is 0 Å². The van der Waals surface area contributed by atoms with Crippen molar-refractivity contribution >= 4 is 16.7 Å². The van der Waals surface area contributed by atoms with Crippen molar-refractivity contribution in [2.24, 2.45) is 0 Å². The monoisotopic (exact) mass is 196 g/mol. The van der Waals surface area contributed by atoms with Crippen molar-refractivity contribution in [3.63, 3.8) is 0 Å². The summed E-state index contributed by atoms with van der Waals surface area (Å²) < 4.78 is 2.05. The van der Waals surface area contributed by atoms with Gasteiger partial charge < -0.3 is 0 Å². The summed E-state index contributed by atoms with van der Waals surface area (Å²) in [5, 5.41) is 8.36. The minimum Gasteiger partial charge on any atom is -0.192 e. The Labute approximate surface area is 87.0 Å². The van der Waals surface area contributed by atoms with E-state index in [2.05, 4.69) is 27.6 Å². The van der Waals surface area contributed by atoms with Gasteiger partial charge in [0, 0.05) is 6.07 Å². The topological polar surface area (TPSA) is 29.9 Å². The Morgan fingerprint density at radius 2 is 1.93 bits per heavy atom. The molecular weight excluding hydrogens is 186 g/mol. The third-order valence-corrected chi connectivity index (χ3v) is 2.49. The molecule has 3 aromatic rings. The van der Waals surface area contributed by atoms with Crippen LogP contribution in [-0.2, 0) is 0 Å². The summed E-state index contributed by atoms with van der Waals surface area (Å²) in [6, 6.07) is 12.1. The first-order valence-corrected chi connectivity index (χ1v) is 4.88. The molecule has 0 atom stereocenters. The van der Waals surface area contributed by atoms with Gasteiger partial charge in [-0.15, -0.1) is 0 Å². The summed E-state index contributed by atoms with van der Waals surface area (Å²) >= 11 is 0. The van der Waals surface area contributed by atoms with Crippen LogP contribution in [0.3, 0.4) is 0 Å². The van der Waals surface area contributed by atoms with E-state index in [9.17, 15) is 0 Å². The zero-order chi connectivity index (χ0) is 10.3. The molecule has 0 radical (unpaired) electrons. The molecule has 0 unspecified atom stereocenters. The fourth-order valence-electron chi connectivity index (χ4n) is 1.73. The molecule has 0 spiro atoms. The van der Waals surface area contributed by atoms with Crippen LogP contribution in [0.25, 0.3) is 16.7 Å². The Bertz CT molecular complexity index is 646. The molecule has 2 aromatic heterocycles. The Hall–Kier alpha value is -2.03. The van der Waals surface area contributed by atoms with Crippen LogP contribution in [-0.4, -0.2) is 10.2 Å². The van der Waals surface area contributed by atoms with Gasteiger partial charge in [-0.2, -0.15) is 4.40 Å². The van der Waals surface area contributed by atoms with Crippen molar-refractivity contribution in [2.45, 2.75) is 6.92 Å². The summed E-state index contributed by atoms with van der Waals surface area (Å²) in [6.45, 7) is 2.05. The van der Waals surface area contributed by atoms with E-state index in [-0.39, 0.29) is 0 Å². The maximum absolute atomic E-state index is 4.18. The van der Waals surface area contributed by atoms with Gasteiger partial charge in [0.1, 0.15) is 0 Å². The van der Waals surface area contributed by atoms with Crippen LogP contribution in [0.2, 0.25) is 0 Å². The maximum atomic E-state index is 4.18. The molecule has 0 saturated carbocycles. The summed E-state index contributed by atoms with van der Waals surface area (Å²) in [5.41, 5.74) is 4.08. The van der Waals surface area contributed by atoms with Crippen molar-refractivity contribution in [2.75, 3.05) is 0 Å². The molecule has 0 aliphatic heterocycles. The second kappa shape index (κ2) is 2.98. The molecule has 15 heavy (non-hydrogen) atoms. The Morgan fingerprint density at radius 3 is 2.87 bits per heavy atom. The maximum Gasteiger partial charge on any atom is 0.356 e. The normalized spacial score (nSPS) is 11.0. The molecule has 0 N–H and O–H groups in total. The first-order valence-electron chi connectivity index (χ1n) is 4.88. The number of para-hydroxylation sites is 1. The van der Waals surface area contributed by atoms with Gasteiger partial charge in [-0.25, -0.2) is 0 Å². The Morgan fingerprint density at radius 1 is 1.07 bits per heavy atom. The van der Waals surface area contributed by atoms with Gasteiger partial charge in [-0.05, 0) is 35.8 Å². The van der Waals surface area contributed by atoms with Crippen molar-refractivity contribution in [1.29, 1.82) is 0 Å². The van der Waals surface area contributed by atoms with Crippen molar-refractivity contribution in [3.8, 4) is 0 Å². The van der Waals surface area contributed by atoms with E-state index in [0.717, 1.165) is 16.7 Å². The van der Waals surface area contributed by atoms with Crippen LogP contribution in [0.15, 0.2) is 42.6 Å². The van der Waals surface area contributed by atoms with Crippen LogP contribution in [0.1, 0.15) is 5.56 Å². The minimum atomic E-state index is 0.883. The summed E-state index contributed by atoms with van der Waals surface area (Å²) in [6.07, 6.45) is 2.03. The Kier molecular flexibility index (Phi) is 1.65. The van der Waals surface area contributed by atoms with Crippen molar-refractivity contribution < 1.29 is 4.40 Å². The molecule has 0 aliphatic carbocycles. The fourth-order valence-corrected chi connectivity index (χ4v) is 1.73. The van der Waals surface area contributed by atoms with Crippen LogP contribution in [0.4, 0.5) is 0 Å². The van der Waals surface area contributed by atoms with E-state index < -0.39 is 0 Å². The molecule has 1 aromatic carbocycles. The smallest absolute Gasteiger partial charge is 0.192 e. The van der Waals surface area contributed by atoms with E-state index in [4.69, 9.17) is 0 Å². The van der Waals surface area contributed by atoms with E-state index >= 15 is 0 Å². The first kappa shape index (κ1) is 8.29. The van der Waals surface area contributed by atoms with E-state index in [1.807, 2.05) is 36.5 Å². The standard InChI is InChI=1S/C12H10N3/c1-9-6-7-15-11-5-3-2-4-10(11)13-14-12(15)8-9/h2-8H,1H3/q+1. The van der Waals surface area contributed by atoms with Gasteiger partial charge in [-0.3, -0.25) is 0 Å². The lowest BCUT2D eigenvalue weighted by atomic mass is 10.2. The van der Waals surface area contributed by atoms with E-state index in [1.54, 1.807) is 0 Å².